The normalized spacial score (nSPS) is 11.1. The van der Waals surface area contributed by atoms with E-state index in [4.69, 9.17) is 5.73 Å². The molecule has 0 unspecified atom stereocenters. The number of allylic oxidation sites excluding steroid dienone is 1. The van der Waals surface area contributed by atoms with Crippen molar-refractivity contribution in [3.8, 4) is 11.3 Å². The summed E-state index contributed by atoms with van der Waals surface area (Å²) in [5.41, 5.74) is 8.10. The van der Waals surface area contributed by atoms with Gasteiger partial charge >= 0.3 is 0 Å². The highest BCUT2D eigenvalue weighted by Crippen LogP contribution is 2.31. The van der Waals surface area contributed by atoms with Gasteiger partial charge in [0.15, 0.2) is 0 Å². The number of rotatable bonds is 4. The van der Waals surface area contributed by atoms with Gasteiger partial charge in [-0.1, -0.05) is 31.6 Å². The Morgan fingerprint density at radius 3 is 2.75 bits per heavy atom. The fourth-order valence-corrected chi connectivity index (χ4v) is 2.26. The first-order valence-electron chi connectivity index (χ1n) is 6.69. The van der Waals surface area contributed by atoms with E-state index in [1.807, 2.05) is 25.3 Å². The summed E-state index contributed by atoms with van der Waals surface area (Å²) >= 11 is 0. The first-order chi connectivity index (χ1) is 9.45. The van der Waals surface area contributed by atoms with Gasteiger partial charge in [0.1, 0.15) is 23.2 Å². The average Bonchev–Trinajstić information content (AvgIpc) is 2.71. The van der Waals surface area contributed by atoms with Crippen molar-refractivity contribution >= 4 is 5.82 Å². The fraction of sp³-hybridized carbons (Fsp3) is 0.312. The predicted molar refractivity (Wildman–Crippen MR) is 81.1 cm³/mol. The van der Waals surface area contributed by atoms with Crippen molar-refractivity contribution < 1.29 is 4.39 Å². The Hall–Kier alpha value is -2.10. The minimum atomic E-state index is -0.305. The van der Waals surface area contributed by atoms with Gasteiger partial charge in [-0.3, -0.25) is 0 Å². The molecule has 0 atom stereocenters. The molecule has 3 nitrogen and oxygen atoms in total. The second-order valence-electron chi connectivity index (χ2n) is 5.24. The van der Waals surface area contributed by atoms with Gasteiger partial charge in [-0.05, 0) is 19.1 Å². The van der Waals surface area contributed by atoms with E-state index in [0.29, 0.717) is 23.6 Å². The Labute approximate surface area is 118 Å². The molecular weight excluding hydrogens is 253 g/mol. The Balaban J connectivity index is 2.65. The molecule has 0 spiro atoms. The van der Waals surface area contributed by atoms with Crippen LogP contribution in [0.5, 0.6) is 0 Å². The van der Waals surface area contributed by atoms with Gasteiger partial charge in [0.2, 0.25) is 0 Å². The van der Waals surface area contributed by atoms with Gasteiger partial charge in [0, 0.05) is 18.0 Å². The summed E-state index contributed by atoms with van der Waals surface area (Å²) in [6.07, 6.45) is 1.76. The molecule has 1 aromatic carbocycles. The minimum absolute atomic E-state index is 0.207. The molecule has 0 aliphatic heterocycles. The summed E-state index contributed by atoms with van der Waals surface area (Å²) in [4.78, 5) is 4.55. The summed E-state index contributed by atoms with van der Waals surface area (Å²) in [5.74, 6) is 1.23. The lowest BCUT2D eigenvalue weighted by molar-refractivity contribution is 0.630. The number of imidazole rings is 1. The smallest absolute Gasteiger partial charge is 0.132 e. The van der Waals surface area contributed by atoms with Crippen LogP contribution in [0.2, 0.25) is 0 Å². The molecule has 4 heteroatoms. The van der Waals surface area contributed by atoms with E-state index >= 15 is 0 Å². The van der Waals surface area contributed by atoms with Crippen LogP contribution in [0.25, 0.3) is 11.3 Å². The number of hydrogen-bond donors (Lipinski definition) is 1. The van der Waals surface area contributed by atoms with E-state index in [0.717, 1.165) is 11.4 Å². The molecule has 1 aromatic heterocycles. The Kier molecular flexibility index (Phi) is 3.93. The van der Waals surface area contributed by atoms with E-state index in [1.54, 1.807) is 18.2 Å². The number of nitrogen functional groups attached to an aromatic ring is 1. The maximum absolute atomic E-state index is 14.0. The van der Waals surface area contributed by atoms with E-state index in [2.05, 4.69) is 11.6 Å². The van der Waals surface area contributed by atoms with Crippen molar-refractivity contribution in [2.45, 2.75) is 33.2 Å². The fourth-order valence-electron chi connectivity index (χ4n) is 2.26. The third-order valence-corrected chi connectivity index (χ3v) is 3.24. The first kappa shape index (κ1) is 14.3. The molecule has 0 aliphatic rings. The van der Waals surface area contributed by atoms with Crippen molar-refractivity contribution in [2.75, 3.05) is 5.73 Å². The summed E-state index contributed by atoms with van der Waals surface area (Å²) in [5, 5.41) is 0. The summed E-state index contributed by atoms with van der Waals surface area (Å²) in [6.45, 7) is 10.3. The van der Waals surface area contributed by atoms with Crippen LogP contribution in [0.4, 0.5) is 10.2 Å². The molecule has 2 N–H and O–H groups in total. The molecule has 0 radical (unpaired) electrons. The van der Waals surface area contributed by atoms with Crippen molar-refractivity contribution in [2.24, 2.45) is 0 Å². The van der Waals surface area contributed by atoms with Gasteiger partial charge in [0.05, 0.1) is 0 Å². The molecule has 0 saturated carbocycles. The van der Waals surface area contributed by atoms with Crippen LogP contribution < -0.4 is 5.73 Å². The molecule has 106 valence electrons. The average molecular weight is 273 g/mol. The number of aromatic nitrogens is 2. The zero-order chi connectivity index (χ0) is 14.9. The SMILES string of the molecule is C=CCn1c(C(C)C)nc(-c2cc(C)ccc2F)c1N. The number of halogens is 1. The Morgan fingerprint density at radius 2 is 2.15 bits per heavy atom. The van der Waals surface area contributed by atoms with Crippen molar-refractivity contribution in [1.29, 1.82) is 0 Å². The topological polar surface area (TPSA) is 43.8 Å². The van der Waals surface area contributed by atoms with Crippen LogP contribution in [0.1, 0.15) is 31.2 Å². The quantitative estimate of drug-likeness (QED) is 0.859. The maximum Gasteiger partial charge on any atom is 0.132 e. The third-order valence-electron chi connectivity index (χ3n) is 3.24. The molecule has 2 aromatic rings. The van der Waals surface area contributed by atoms with E-state index in [9.17, 15) is 4.39 Å². The number of anilines is 1. The van der Waals surface area contributed by atoms with E-state index in [-0.39, 0.29) is 11.7 Å². The van der Waals surface area contributed by atoms with Crippen molar-refractivity contribution in [1.82, 2.24) is 9.55 Å². The number of benzene rings is 1. The third kappa shape index (κ3) is 2.46. The highest BCUT2D eigenvalue weighted by atomic mass is 19.1. The molecule has 1 heterocycles. The lowest BCUT2D eigenvalue weighted by atomic mass is 10.1. The first-order valence-corrected chi connectivity index (χ1v) is 6.69. The predicted octanol–water partition coefficient (Wildman–Crippen LogP) is 3.89. The van der Waals surface area contributed by atoms with Crippen molar-refractivity contribution in [3.63, 3.8) is 0 Å². The van der Waals surface area contributed by atoms with Crippen LogP contribution in [0.3, 0.4) is 0 Å². The molecule has 20 heavy (non-hydrogen) atoms. The van der Waals surface area contributed by atoms with Crippen LogP contribution in [0.15, 0.2) is 30.9 Å². The second kappa shape index (κ2) is 5.49. The number of nitrogens with two attached hydrogens (primary N) is 1. The lowest BCUT2D eigenvalue weighted by Gasteiger charge is -2.09. The number of nitrogens with zero attached hydrogens (tertiary/aromatic N) is 2. The molecule has 2 rings (SSSR count). The number of aryl methyl sites for hydroxylation is 1. The van der Waals surface area contributed by atoms with Gasteiger partial charge in [-0.25, -0.2) is 9.37 Å². The monoisotopic (exact) mass is 273 g/mol. The van der Waals surface area contributed by atoms with E-state index < -0.39 is 0 Å². The van der Waals surface area contributed by atoms with Crippen LogP contribution in [0, 0.1) is 12.7 Å². The molecule has 0 saturated heterocycles. The molecular formula is C16H20FN3. The van der Waals surface area contributed by atoms with Gasteiger partial charge in [0.25, 0.3) is 0 Å². The second-order valence-corrected chi connectivity index (χ2v) is 5.24. The molecule has 0 fully saturated rings. The highest BCUT2D eigenvalue weighted by molar-refractivity contribution is 5.72. The highest BCUT2D eigenvalue weighted by Gasteiger charge is 2.19. The van der Waals surface area contributed by atoms with Crippen molar-refractivity contribution in [3.05, 3.63) is 48.1 Å². The molecule has 0 bridgehead atoms. The van der Waals surface area contributed by atoms with Gasteiger partial charge in [-0.15, -0.1) is 6.58 Å². The van der Waals surface area contributed by atoms with Crippen LogP contribution >= 0.6 is 0 Å². The maximum atomic E-state index is 14.0. The standard InChI is InChI=1S/C16H20FN3/c1-5-8-20-15(18)14(19-16(20)10(2)3)12-9-11(4)6-7-13(12)17/h5-7,9-10H,1,8,18H2,2-4H3. The zero-order valence-corrected chi connectivity index (χ0v) is 12.2. The zero-order valence-electron chi connectivity index (χ0n) is 12.2. The Morgan fingerprint density at radius 1 is 1.45 bits per heavy atom. The summed E-state index contributed by atoms with van der Waals surface area (Å²) < 4.78 is 15.9. The van der Waals surface area contributed by atoms with Crippen LogP contribution in [-0.2, 0) is 6.54 Å². The van der Waals surface area contributed by atoms with Gasteiger partial charge in [-0.2, -0.15) is 0 Å². The van der Waals surface area contributed by atoms with E-state index in [1.165, 1.54) is 6.07 Å². The van der Waals surface area contributed by atoms with Gasteiger partial charge < -0.3 is 10.3 Å². The lowest BCUT2D eigenvalue weighted by Crippen LogP contribution is -2.07. The molecule has 0 amide bonds. The number of hydrogen-bond acceptors (Lipinski definition) is 2. The van der Waals surface area contributed by atoms with Crippen LogP contribution in [-0.4, -0.2) is 9.55 Å². The Bertz CT molecular complexity index is 641. The summed E-state index contributed by atoms with van der Waals surface area (Å²) in [6, 6.07) is 4.96. The molecule has 0 aliphatic carbocycles. The summed E-state index contributed by atoms with van der Waals surface area (Å²) in [7, 11) is 0. The minimum Gasteiger partial charge on any atom is -0.383 e. The largest absolute Gasteiger partial charge is 0.383 e.